The molecule has 0 radical (unpaired) electrons. The number of nitrogens with one attached hydrogen (secondary N) is 1. The topological polar surface area (TPSA) is 66.0 Å². The van der Waals surface area contributed by atoms with Crippen molar-refractivity contribution in [2.24, 2.45) is 0 Å². The molecule has 18 heavy (non-hydrogen) atoms. The van der Waals surface area contributed by atoms with Gasteiger partial charge in [0.25, 0.3) is 5.97 Å². The number of carbonyl (C=O) groups is 1. The van der Waals surface area contributed by atoms with Gasteiger partial charge >= 0.3 is 0 Å². The Morgan fingerprint density at radius 2 is 1.67 bits per heavy atom. The lowest BCUT2D eigenvalue weighted by molar-refractivity contribution is -0.134. The zero-order valence-electron chi connectivity index (χ0n) is 11.1. The fourth-order valence-corrected chi connectivity index (χ4v) is 1.78. The number of aromatic nitrogens is 2. The molecule has 0 aliphatic heterocycles. The normalized spacial score (nSPS) is 9.56. The molecule has 0 saturated heterocycles. The highest BCUT2D eigenvalue weighted by atomic mass is 16.4. The van der Waals surface area contributed by atoms with Gasteiger partial charge < -0.3 is 5.11 Å². The predicted octanol–water partition coefficient (Wildman–Crippen LogP) is 3.09. The van der Waals surface area contributed by atoms with Crippen LogP contribution in [0, 0.1) is 20.8 Å². The van der Waals surface area contributed by atoms with Gasteiger partial charge in [-0.3, -0.25) is 9.89 Å². The Bertz CT molecular complexity index is 520. The van der Waals surface area contributed by atoms with Crippen molar-refractivity contribution in [1.82, 2.24) is 10.2 Å². The van der Waals surface area contributed by atoms with Crippen molar-refractivity contribution < 1.29 is 9.90 Å². The highest BCUT2D eigenvalue weighted by molar-refractivity contribution is 5.66. The zero-order valence-corrected chi connectivity index (χ0v) is 11.1. The van der Waals surface area contributed by atoms with E-state index in [1.165, 1.54) is 22.3 Å². The number of aromatic amines is 1. The smallest absolute Gasteiger partial charge is 0.300 e. The van der Waals surface area contributed by atoms with Crippen LogP contribution in [0.15, 0.2) is 24.4 Å². The molecule has 0 bridgehead atoms. The van der Waals surface area contributed by atoms with E-state index >= 15 is 0 Å². The molecular formula is C14H18N2O2. The molecule has 0 atom stereocenters. The molecule has 96 valence electrons. The lowest BCUT2D eigenvalue weighted by Crippen LogP contribution is -1.83. The average molecular weight is 246 g/mol. The van der Waals surface area contributed by atoms with Gasteiger partial charge in [0.2, 0.25) is 0 Å². The molecule has 1 aromatic heterocycles. The highest BCUT2D eigenvalue weighted by Gasteiger charge is 2.04. The van der Waals surface area contributed by atoms with Crippen molar-refractivity contribution >= 4 is 5.97 Å². The van der Waals surface area contributed by atoms with Gasteiger partial charge in [-0.05, 0) is 26.3 Å². The Hall–Kier alpha value is -2.10. The number of carboxylic acid groups (broad SMARTS) is 1. The molecule has 0 fully saturated rings. The van der Waals surface area contributed by atoms with Crippen LogP contribution in [0.25, 0.3) is 11.1 Å². The molecule has 1 heterocycles. The molecule has 0 unspecified atom stereocenters. The first-order valence-corrected chi connectivity index (χ1v) is 5.68. The summed E-state index contributed by atoms with van der Waals surface area (Å²) in [5.41, 5.74) is 6.07. The third-order valence-electron chi connectivity index (χ3n) is 2.36. The van der Waals surface area contributed by atoms with E-state index in [2.05, 4.69) is 42.2 Å². The number of hydrogen-bond acceptors (Lipinski definition) is 2. The number of aliphatic carboxylic acids is 1. The van der Waals surface area contributed by atoms with Crippen LogP contribution in [0.1, 0.15) is 23.7 Å². The maximum absolute atomic E-state index is 9.00. The van der Waals surface area contributed by atoms with Gasteiger partial charge in [-0.15, -0.1) is 0 Å². The summed E-state index contributed by atoms with van der Waals surface area (Å²) < 4.78 is 0. The number of carboxylic acids is 1. The number of aryl methyl sites for hydroxylation is 3. The van der Waals surface area contributed by atoms with Crippen molar-refractivity contribution in [2.45, 2.75) is 27.7 Å². The largest absolute Gasteiger partial charge is 0.481 e. The Kier molecular flexibility index (Phi) is 4.66. The standard InChI is InChI=1S/C12H14N2.C2H4O2/c1-8-4-9(2)6-11(5-8)12-7-13-14-10(12)3;1-2(3)4/h4-7H,1-3H3,(H,13,14);1H3,(H,3,4). The lowest BCUT2D eigenvalue weighted by Gasteiger charge is -2.03. The van der Waals surface area contributed by atoms with Crippen molar-refractivity contribution in [3.05, 3.63) is 41.2 Å². The maximum atomic E-state index is 9.00. The molecule has 0 spiro atoms. The van der Waals surface area contributed by atoms with E-state index in [0.29, 0.717) is 0 Å². The first kappa shape index (κ1) is 14.0. The number of hydrogen-bond donors (Lipinski definition) is 2. The first-order chi connectivity index (χ1) is 8.40. The first-order valence-electron chi connectivity index (χ1n) is 5.68. The summed E-state index contributed by atoms with van der Waals surface area (Å²) in [6.45, 7) is 7.33. The van der Waals surface area contributed by atoms with Crippen molar-refractivity contribution in [1.29, 1.82) is 0 Å². The Labute approximate surface area is 107 Å². The summed E-state index contributed by atoms with van der Waals surface area (Å²) >= 11 is 0. The minimum atomic E-state index is -0.833. The molecule has 0 amide bonds. The van der Waals surface area contributed by atoms with Gasteiger partial charge in [-0.25, -0.2) is 0 Å². The predicted molar refractivity (Wildman–Crippen MR) is 71.5 cm³/mol. The van der Waals surface area contributed by atoms with Crippen LogP contribution in [0.3, 0.4) is 0 Å². The van der Waals surface area contributed by atoms with Gasteiger partial charge in [0.1, 0.15) is 0 Å². The lowest BCUT2D eigenvalue weighted by atomic mass is 10.0. The third kappa shape index (κ3) is 4.05. The summed E-state index contributed by atoms with van der Waals surface area (Å²) in [5, 5.41) is 14.4. The summed E-state index contributed by atoms with van der Waals surface area (Å²) in [7, 11) is 0. The van der Waals surface area contributed by atoms with Crippen LogP contribution >= 0.6 is 0 Å². The van der Waals surface area contributed by atoms with Gasteiger partial charge in [-0.2, -0.15) is 5.10 Å². The molecule has 2 N–H and O–H groups in total. The fraction of sp³-hybridized carbons (Fsp3) is 0.286. The van der Waals surface area contributed by atoms with E-state index in [0.717, 1.165) is 12.6 Å². The van der Waals surface area contributed by atoms with E-state index in [4.69, 9.17) is 9.90 Å². The number of rotatable bonds is 1. The SMILES string of the molecule is CC(=O)O.Cc1cc(C)cc(-c2c[nH]nc2C)c1. The minimum absolute atomic E-state index is 0.833. The van der Waals surface area contributed by atoms with E-state index in [1.54, 1.807) is 0 Å². The van der Waals surface area contributed by atoms with Gasteiger partial charge in [0.15, 0.2) is 0 Å². The zero-order chi connectivity index (χ0) is 13.7. The Balaban J connectivity index is 0.000000357. The molecule has 0 aliphatic rings. The second-order valence-electron chi connectivity index (χ2n) is 4.28. The minimum Gasteiger partial charge on any atom is -0.481 e. The monoisotopic (exact) mass is 246 g/mol. The summed E-state index contributed by atoms with van der Waals surface area (Å²) in [5.74, 6) is -0.833. The van der Waals surface area contributed by atoms with E-state index < -0.39 is 5.97 Å². The summed E-state index contributed by atoms with van der Waals surface area (Å²) in [6, 6.07) is 6.55. The van der Waals surface area contributed by atoms with Gasteiger partial charge in [0, 0.05) is 18.7 Å². The van der Waals surface area contributed by atoms with Gasteiger partial charge in [-0.1, -0.05) is 29.3 Å². The molecular weight excluding hydrogens is 228 g/mol. The third-order valence-corrected chi connectivity index (χ3v) is 2.36. The average Bonchev–Trinajstić information content (AvgIpc) is 2.61. The quantitative estimate of drug-likeness (QED) is 0.812. The maximum Gasteiger partial charge on any atom is 0.300 e. The summed E-state index contributed by atoms with van der Waals surface area (Å²) in [4.78, 5) is 9.00. The van der Waals surface area contributed by atoms with Crippen molar-refractivity contribution in [3.63, 3.8) is 0 Å². The van der Waals surface area contributed by atoms with Crippen LogP contribution in [0.2, 0.25) is 0 Å². The van der Waals surface area contributed by atoms with Crippen molar-refractivity contribution in [2.75, 3.05) is 0 Å². The van der Waals surface area contributed by atoms with Crippen LogP contribution in [-0.2, 0) is 4.79 Å². The van der Waals surface area contributed by atoms with Crippen LogP contribution in [-0.4, -0.2) is 21.3 Å². The molecule has 0 saturated carbocycles. The number of H-pyrrole nitrogens is 1. The van der Waals surface area contributed by atoms with Gasteiger partial charge in [0.05, 0.1) is 5.69 Å². The number of benzene rings is 1. The van der Waals surface area contributed by atoms with Crippen LogP contribution in [0.5, 0.6) is 0 Å². The Morgan fingerprint density at radius 1 is 1.17 bits per heavy atom. The molecule has 2 rings (SSSR count). The van der Waals surface area contributed by atoms with E-state index in [-0.39, 0.29) is 0 Å². The highest BCUT2D eigenvalue weighted by Crippen LogP contribution is 2.23. The van der Waals surface area contributed by atoms with Crippen molar-refractivity contribution in [3.8, 4) is 11.1 Å². The molecule has 0 aliphatic carbocycles. The summed E-state index contributed by atoms with van der Waals surface area (Å²) in [6.07, 6.45) is 1.95. The molecule has 4 heteroatoms. The molecule has 4 nitrogen and oxygen atoms in total. The van der Waals surface area contributed by atoms with Crippen LogP contribution in [0.4, 0.5) is 0 Å². The Morgan fingerprint density at radius 3 is 2.06 bits per heavy atom. The molecule has 2 aromatic rings. The molecule has 1 aromatic carbocycles. The van der Waals surface area contributed by atoms with E-state index in [1.807, 2.05) is 13.1 Å². The van der Waals surface area contributed by atoms with Crippen LogP contribution < -0.4 is 0 Å². The second-order valence-corrected chi connectivity index (χ2v) is 4.28. The second kappa shape index (κ2) is 6.00. The van der Waals surface area contributed by atoms with E-state index in [9.17, 15) is 0 Å². The fourth-order valence-electron chi connectivity index (χ4n) is 1.78. The number of nitrogens with zero attached hydrogens (tertiary/aromatic N) is 1.